The Kier molecular flexibility index (Phi) is 6.76. The van der Waals surface area contributed by atoms with Crippen molar-refractivity contribution in [2.24, 2.45) is 0 Å². The summed E-state index contributed by atoms with van der Waals surface area (Å²) >= 11 is 1.79. The van der Waals surface area contributed by atoms with E-state index < -0.39 is 12.0 Å². The number of nitrogens with one attached hydrogen (secondary N) is 2. The quantitative estimate of drug-likeness (QED) is 0.533. The van der Waals surface area contributed by atoms with Gasteiger partial charge in [0.15, 0.2) is 0 Å². The monoisotopic (exact) mass is 396 g/mol. The van der Waals surface area contributed by atoms with E-state index in [2.05, 4.69) is 17.6 Å². The summed E-state index contributed by atoms with van der Waals surface area (Å²) in [5, 5.41) is 5.65. The van der Waals surface area contributed by atoms with Crippen molar-refractivity contribution in [1.29, 1.82) is 0 Å². The molecule has 5 nitrogen and oxygen atoms in total. The molecule has 1 aliphatic rings. The number of urea groups is 1. The van der Waals surface area contributed by atoms with Crippen molar-refractivity contribution in [2.75, 3.05) is 12.4 Å². The zero-order chi connectivity index (χ0) is 19.9. The number of rotatable bonds is 7. The average Bonchev–Trinajstić information content (AvgIpc) is 2.72. The highest BCUT2D eigenvalue weighted by Crippen LogP contribution is 2.33. The van der Waals surface area contributed by atoms with Crippen LogP contribution in [0.2, 0.25) is 0 Å². The Hall–Kier alpha value is -2.73. The fourth-order valence-electron chi connectivity index (χ4n) is 3.05. The van der Waals surface area contributed by atoms with E-state index in [4.69, 9.17) is 4.74 Å². The summed E-state index contributed by atoms with van der Waals surface area (Å²) < 4.78 is 5.30. The average molecular weight is 397 g/mol. The highest BCUT2D eigenvalue weighted by Gasteiger charge is 2.34. The fraction of sp³-hybridized carbons (Fsp3) is 0.273. The first-order valence-electron chi connectivity index (χ1n) is 9.41. The second-order valence-electron chi connectivity index (χ2n) is 6.32. The minimum absolute atomic E-state index is 0.262. The molecule has 0 bridgehead atoms. The molecule has 2 N–H and O–H groups in total. The highest BCUT2D eigenvalue weighted by molar-refractivity contribution is 7.99. The van der Waals surface area contributed by atoms with E-state index in [0.717, 1.165) is 28.2 Å². The summed E-state index contributed by atoms with van der Waals surface area (Å²) in [7, 11) is 0. The van der Waals surface area contributed by atoms with Gasteiger partial charge in [-0.15, -0.1) is 11.8 Å². The van der Waals surface area contributed by atoms with Crippen molar-refractivity contribution in [1.82, 2.24) is 10.6 Å². The minimum atomic E-state index is -0.576. The summed E-state index contributed by atoms with van der Waals surface area (Å²) in [5.41, 5.74) is 2.49. The van der Waals surface area contributed by atoms with Crippen LogP contribution >= 0.6 is 11.8 Å². The van der Waals surface area contributed by atoms with Crippen molar-refractivity contribution in [3.63, 3.8) is 0 Å². The first-order valence-corrected chi connectivity index (χ1v) is 10.4. The molecule has 0 spiro atoms. The van der Waals surface area contributed by atoms with E-state index in [1.165, 1.54) is 0 Å². The minimum Gasteiger partial charge on any atom is -0.463 e. The van der Waals surface area contributed by atoms with Gasteiger partial charge in [0.25, 0.3) is 0 Å². The molecule has 0 saturated carbocycles. The third kappa shape index (κ3) is 4.57. The molecular formula is C22H24N2O3S. The third-order valence-electron chi connectivity index (χ3n) is 4.32. The summed E-state index contributed by atoms with van der Waals surface area (Å²) in [4.78, 5) is 26.3. The number of ether oxygens (including phenoxy) is 1. The van der Waals surface area contributed by atoms with Gasteiger partial charge in [-0.1, -0.05) is 49.4 Å². The van der Waals surface area contributed by atoms with Crippen molar-refractivity contribution in [3.05, 3.63) is 71.3 Å². The van der Waals surface area contributed by atoms with Crippen LogP contribution in [0.15, 0.2) is 65.1 Å². The highest BCUT2D eigenvalue weighted by atomic mass is 32.2. The first kappa shape index (κ1) is 20.0. The van der Waals surface area contributed by atoms with E-state index in [-0.39, 0.29) is 12.6 Å². The lowest BCUT2D eigenvalue weighted by atomic mass is 9.93. The number of benzene rings is 2. The Bertz CT molecular complexity index is 863. The van der Waals surface area contributed by atoms with Crippen LogP contribution < -0.4 is 10.6 Å². The zero-order valence-electron chi connectivity index (χ0n) is 16.0. The second-order valence-corrected chi connectivity index (χ2v) is 7.49. The van der Waals surface area contributed by atoms with Crippen molar-refractivity contribution < 1.29 is 14.3 Å². The summed E-state index contributed by atoms with van der Waals surface area (Å²) in [6, 6.07) is 16.4. The smallest absolute Gasteiger partial charge is 0.338 e. The maximum absolute atomic E-state index is 12.8. The molecule has 28 heavy (non-hydrogen) atoms. The van der Waals surface area contributed by atoms with Crippen molar-refractivity contribution in [3.8, 4) is 0 Å². The number of amides is 2. The molecule has 146 valence electrons. The predicted molar refractivity (Wildman–Crippen MR) is 112 cm³/mol. The van der Waals surface area contributed by atoms with Gasteiger partial charge in [-0.2, -0.15) is 0 Å². The number of carbonyl (C=O) groups excluding carboxylic acids is 2. The van der Waals surface area contributed by atoms with E-state index in [9.17, 15) is 9.59 Å². The molecule has 1 aliphatic heterocycles. The molecule has 0 saturated heterocycles. The molecule has 3 rings (SSSR count). The van der Waals surface area contributed by atoms with Gasteiger partial charge in [0, 0.05) is 4.90 Å². The van der Waals surface area contributed by atoms with Crippen LogP contribution in [0.1, 0.15) is 37.4 Å². The van der Waals surface area contributed by atoms with Crippen LogP contribution in [0, 0.1) is 0 Å². The van der Waals surface area contributed by atoms with Gasteiger partial charge in [-0.25, -0.2) is 9.59 Å². The van der Waals surface area contributed by atoms with E-state index in [1.54, 1.807) is 18.7 Å². The molecule has 0 aliphatic carbocycles. The van der Waals surface area contributed by atoms with Gasteiger partial charge in [-0.05, 0) is 42.4 Å². The van der Waals surface area contributed by atoms with Gasteiger partial charge in [0.2, 0.25) is 0 Å². The molecule has 0 fully saturated rings. The number of thioether (sulfide) groups is 1. The van der Waals surface area contributed by atoms with Crippen LogP contribution in [-0.2, 0) is 9.53 Å². The van der Waals surface area contributed by atoms with E-state index in [1.807, 2.05) is 54.6 Å². The fourth-order valence-corrected chi connectivity index (χ4v) is 3.82. The normalized spacial score (nSPS) is 16.4. The first-order chi connectivity index (χ1) is 13.6. The summed E-state index contributed by atoms with van der Waals surface area (Å²) in [6.07, 6.45) is 1.10. The number of carbonyl (C=O) groups is 2. The maximum Gasteiger partial charge on any atom is 0.338 e. The Balaban J connectivity index is 2.04. The standard InChI is InChI=1S/C22H24N2O3S/c1-3-14-28-17-12-10-16(11-13-17)20-18(21(25)27-4-2)19(23-22(26)24-20)15-8-6-5-7-9-15/h5-13,20H,3-4,14H2,1-2H3,(H2,23,24,26). The molecule has 1 unspecified atom stereocenters. The summed E-state index contributed by atoms with van der Waals surface area (Å²) in [5.74, 6) is 0.610. The molecule has 2 aromatic rings. The van der Waals surface area contributed by atoms with E-state index >= 15 is 0 Å². The molecule has 2 aromatic carbocycles. The largest absolute Gasteiger partial charge is 0.463 e. The Morgan fingerprint density at radius 1 is 1.07 bits per heavy atom. The topological polar surface area (TPSA) is 67.4 Å². The van der Waals surface area contributed by atoms with Crippen molar-refractivity contribution in [2.45, 2.75) is 31.2 Å². The van der Waals surface area contributed by atoms with Crippen molar-refractivity contribution >= 4 is 29.5 Å². The Labute approximate surface area is 169 Å². The molecule has 1 heterocycles. The molecular weight excluding hydrogens is 372 g/mol. The second kappa shape index (κ2) is 9.46. The van der Waals surface area contributed by atoms with Crippen LogP contribution in [-0.4, -0.2) is 24.4 Å². The van der Waals surface area contributed by atoms with Gasteiger partial charge in [0.1, 0.15) is 0 Å². The predicted octanol–water partition coefficient (Wildman–Crippen LogP) is 4.52. The third-order valence-corrected chi connectivity index (χ3v) is 5.53. The van der Waals surface area contributed by atoms with Gasteiger partial charge in [-0.3, -0.25) is 0 Å². The van der Waals surface area contributed by atoms with Gasteiger partial charge < -0.3 is 15.4 Å². The molecule has 0 radical (unpaired) electrons. The molecule has 0 aromatic heterocycles. The number of esters is 1. The molecule has 1 atom stereocenters. The van der Waals surface area contributed by atoms with E-state index in [0.29, 0.717) is 11.3 Å². The summed E-state index contributed by atoms with van der Waals surface area (Å²) in [6.45, 7) is 4.18. The lowest BCUT2D eigenvalue weighted by Gasteiger charge is -2.29. The van der Waals surface area contributed by atoms with Crippen LogP contribution in [0.3, 0.4) is 0 Å². The Morgan fingerprint density at radius 2 is 1.79 bits per heavy atom. The lowest BCUT2D eigenvalue weighted by Crippen LogP contribution is -2.45. The SMILES string of the molecule is CCCSc1ccc(C2NC(=O)NC(c3ccccc3)=C2C(=O)OCC)cc1. The van der Waals surface area contributed by atoms with Gasteiger partial charge in [0.05, 0.1) is 23.9 Å². The number of hydrogen-bond acceptors (Lipinski definition) is 4. The Morgan fingerprint density at radius 3 is 2.43 bits per heavy atom. The van der Waals surface area contributed by atoms with Gasteiger partial charge >= 0.3 is 12.0 Å². The van der Waals surface area contributed by atoms with Crippen LogP contribution in [0.4, 0.5) is 4.79 Å². The zero-order valence-corrected chi connectivity index (χ0v) is 16.8. The van der Waals surface area contributed by atoms with Crippen LogP contribution in [0.5, 0.6) is 0 Å². The number of hydrogen-bond donors (Lipinski definition) is 2. The molecule has 6 heteroatoms. The molecule has 2 amide bonds. The van der Waals surface area contributed by atoms with Crippen LogP contribution in [0.25, 0.3) is 5.70 Å². The lowest BCUT2D eigenvalue weighted by molar-refractivity contribution is -0.138. The maximum atomic E-state index is 12.8.